The summed E-state index contributed by atoms with van der Waals surface area (Å²) in [7, 11) is 1.43. The Balaban J connectivity index is 2.44. The maximum Gasteiger partial charge on any atom is 0.326 e. The number of carbonyl (C=O) groups is 2. The number of aromatic nitrogens is 2. The first-order valence-electron chi connectivity index (χ1n) is 6.06. The molecular weight excluding hydrogens is 268 g/mol. The summed E-state index contributed by atoms with van der Waals surface area (Å²) in [6.07, 6.45) is 0.916. The van der Waals surface area contributed by atoms with Crippen LogP contribution in [0, 0.1) is 17.0 Å². The summed E-state index contributed by atoms with van der Waals surface area (Å²) in [5.74, 6) is -1.76. The summed E-state index contributed by atoms with van der Waals surface area (Å²) in [5, 5.41) is 24.0. The molecule has 0 aromatic carbocycles. The molecule has 0 bridgehead atoms. The van der Waals surface area contributed by atoms with Gasteiger partial charge in [-0.1, -0.05) is 0 Å². The molecule has 9 nitrogen and oxygen atoms in total. The number of amides is 1. The van der Waals surface area contributed by atoms with Crippen LogP contribution in [0.25, 0.3) is 0 Å². The number of nitrogens with zero attached hydrogens (tertiary/aromatic N) is 4. The van der Waals surface area contributed by atoms with Crippen LogP contribution >= 0.6 is 0 Å². The Bertz CT molecular complexity index is 594. The molecule has 2 heterocycles. The largest absolute Gasteiger partial charge is 0.480 e. The summed E-state index contributed by atoms with van der Waals surface area (Å²) >= 11 is 0. The molecule has 1 aliphatic heterocycles. The Labute approximate surface area is 113 Å². The van der Waals surface area contributed by atoms with Crippen molar-refractivity contribution in [2.45, 2.75) is 25.8 Å². The molecule has 1 atom stereocenters. The molecule has 1 fully saturated rings. The van der Waals surface area contributed by atoms with Crippen molar-refractivity contribution in [1.82, 2.24) is 14.7 Å². The highest BCUT2D eigenvalue weighted by molar-refractivity contribution is 5.99. The third kappa shape index (κ3) is 2.10. The average molecular weight is 282 g/mol. The number of carboxylic acids is 1. The van der Waals surface area contributed by atoms with Crippen molar-refractivity contribution in [3.05, 3.63) is 21.5 Å². The third-order valence-electron chi connectivity index (χ3n) is 3.37. The molecule has 1 aromatic rings. The second-order valence-corrected chi connectivity index (χ2v) is 4.66. The predicted octanol–water partition coefficient (Wildman–Crippen LogP) is 0.326. The molecular formula is C11H14N4O5. The number of likely N-dealkylation sites (tertiary alicyclic amines) is 1. The highest BCUT2D eigenvalue weighted by Gasteiger charge is 2.39. The van der Waals surface area contributed by atoms with Gasteiger partial charge in [0.05, 0.1) is 4.92 Å². The molecule has 1 saturated heterocycles. The van der Waals surface area contributed by atoms with E-state index in [9.17, 15) is 19.7 Å². The quantitative estimate of drug-likeness (QED) is 0.630. The van der Waals surface area contributed by atoms with E-state index in [1.54, 1.807) is 0 Å². The molecule has 1 N–H and O–H groups in total. The Morgan fingerprint density at radius 1 is 1.50 bits per heavy atom. The van der Waals surface area contributed by atoms with Crippen molar-refractivity contribution >= 4 is 17.6 Å². The zero-order valence-corrected chi connectivity index (χ0v) is 11.1. The summed E-state index contributed by atoms with van der Waals surface area (Å²) in [5.41, 5.74) is -0.416. The minimum absolute atomic E-state index is 0.131. The van der Waals surface area contributed by atoms with E-state index in [-0.39, 0.29) is 23.6 Å². The molecule has 1 aliphatic rings. The Kier molecular flexibility index (Phi) is 3.43. The summed E-state index contributed by atoms with van der Waals surface area (Å²) in [6.45, 7) is 1.71. The van der Waals surface area contributed by atoms with Crippen LogP contribution in [0.5, 0.6) is 0 Å². The van der Waals surface area contributed by atoms with Gasteiger partial charge < -0.3 is 10.0 Å². The second kappa shape index (κ2) is 4.91. The molecule has 0 spiro atoms. The van der Waals surface area contributed by atoms with Gasteiger partial charge in [-0.25, -0.2) is 4.79 Å². The summed E-state index contributed by atoms with van der Waals surface area (Å²) < 4.78 is 1.13. The number of carbonyl (C=O) groups excluding carboxylic acids is 1. The summed E-state index contributed by atoms with van der Waals surface area (Å²) in [6, 6.07) is -0.933. The zero-order chi connectivity index (χ0) is 15.0. The van der Waals surface area contributed by atoms with Crippen LogP contribution in [-0.2, 0) is 11.8 Å². The molecule has 9 heteroatoms. The lowest BCUT2D eigenvalue weighted by molar-refractivity contribution is -0.385. The Morgan fingerprint density at radius 3 is 2.70 bits per heavy atom. The maximum absolute atomic E-state index is 12.4. The van der Waals surface area contributed by atoms with Gasteiger partial charge in [0, 0.05) is 13.6 Å². The Hall–Kier alpha value is -2.45. The first kappa shape index (κ1) is 14.0. The van der Waals surface area contributed by atoms with E-state index in [0.29, 0.717) is 12.8 Å². The normalized spacial score (nSPS) is 18.3. The average Bonchev–Trinajstić information content (AvgIpc) is 2.92. The van der Waals surface area contributed by atoms with E-state index in [1.807, 2.05) is 0 Å². The molecule has 20 heavy (non-hydrogen) atoms. The van der Waals surface area contributed by atoms with Crippen LogP contribution in [0.15, 0.2) is 0 Å². The van der Waals surface area contributed by atoms with Gasteiger partial charge in [-0.2, -0.15) is 5.10 Å². The molecule has 2 rings (SSSR count). The number of carboxylic acid groups (broad SMARTS) is 1. The van der Waals surface area contributed by atoms with Crippen LogP contribution in [0.2, 0.25) is 0 Å². The number of aryl methyl sites for hydroxylation is 2. The predicted molar refractivity (Wildman–Crippen MR) is 66.3 cm³/mol. The number of nitro groups is 1. The Morgan fingerprint density at radius 2 is 2.15 bits per heavy atom. The van der Waals surface area contributed by atoms with Crippen molar-refractivity contribution in [1.29, 1.82) is 0 Å². The van der Waals surface area contributed by atoms with Gasteiger partial charge in [0.15, 0.2) is 0 Å². The fraction of sp³-hybridized carbons (Fsp3) is 0.545. The van der Waals surface area contributed by atoms with Crippen LogP contribution < -0.4 is 0 Å². The molecule has 0 saturated carbocycles. The van der Waals surface area contributed by atoms with Crippen molar-refractivity contribution in [2.24, 2.45) is 7.05 Å². The molecule has 1 aromatic heterocycles. The van der Waals surface area contributed by atoms with Crippen molar-refractivity contribution < 1.29 is 19.6 Å². The van der Waals surface area contributed by atoms with E-state index < -0.39 is 22.8 Å². The van der Waals surface area contributed by atoms with Crippen LogP contribution in [0.4, 0.5) is 5.69 Å². The standard InChI is InChI=1S/C11H14N4O5/c1-6-8(15(19)20)9(13(2)12-6)10(16)14-5-3-4-7(14)11(17)18/h7H,3-5H2,1-2H3,(H,17,18)/t7-/m1/s1. The minimum atomic E-state index is -1.10. The van der Waals surface area contributed by atoms with Crippen LogP contribution in [-0.4, -0.2) is 49.2 Å². The van der Waals surface area contributed by atoms with Crippen molar-refractivity contribution in [3.63, 3.8) is 0 Å². The second-order valence-electron chi connectivity index (χ2n) is 4.66. The van der Waals surface area contributed by atoms with E-state index in [0.717, 1.165) is 9.58 Å². The van der Waals surface area contributed by atoms with Crippen molar-refractivity contribution in [2.75, 3.05) is 6.54 Å². The van der Waals surface area contributed by atoms with Gasteiger partial charge >= 0.3 is 11.7 Å². The maximum atomic E-state index is 12.4. The first-order chi connectivity index (χ1) is 9.34. The van der Waals surface area contributed by atoms with E-state index in [2.05, 4.69) is 5.10 Å². The van der Waals surface area contributed by atoms with Crippen LogP contribution in [0.1, 0.15) is 29.0 Å². The molecule has 0 aliphatic carbocycles. The number of hydrogen-bond donors (Lipinski definition) is 1. The summed E-state index contributed by atoms with van der Waals surface area (Å²) in [4.78, 5) is 35.1. The van der Waals surface area contributed by atoms with Gasteiger partial charge in [0.1, 0.15) is 11.7 Å². The topological polar surface area (TPSA) is 119 Å². The fourth-order valence-corrected chi connectivity index (χ4v) is 2.51. The van der Waals surface area contributed by atoms with Crippen LogP contribution in [0.3, 0.4) is 0 Å². The van der Waals surface area contributed by atoms with Crippen molar-refractivity contribution in [3.8, 4) is 0 Å². The van der Waals surface area contributed by atoms with Gasteiger partial charge in [-0.3, -0.25) is 19.6 Å². The monoisotopic (exact) mass is 282 g/mol. The highest BCUT2D eigenvalue weighted by atomic mass is 16.6. The van der Waals surface area contributed by atoms with E-state index >= 15 is 0 Å². The zero-order valence-electron chi connectivity index (χ0n) is 11.1. The fourth-order valence-electron chi connectivity index (χ4n) is 2.51. The lowest BCUT2D eigenvalue weighted by Crippen LogP contribution is -2.41. The third-order valence-corrected chi connectivity index (χ3v) is 3.37. The SMILES string of the molecule is Cc1nn(C)c(C(=O)N2CCC[C@@H]2C(=O)O)c1[N+](=O)[O-]. The molecule has 108 valence electrons. The number of rotatable bonds is 3. The first-order valence-corrected chi connectivity index (χ1v) is 6.06. The van der Waals surface area contributed by atoms with E-state index in [4.69, 9.17) is 5.11 Å². The smallest absolute Gasteiger partial charge is 0.326 e. The van der Waals surface area contributed by atoms with Gasteiger partial charge in [0.25, 0.3) is 5.91 Å². The number of hydrogen-bond acceptors (Lipinski definition) is 5. The minimum Gasteiger partial charge on any atom is -0.480 e. The number of aliphatic carboxylic acids is 1. The lowest BCUT2D eigenvalue weighted by atomic mass is 10.2. The highest BCUT2D eigenvalue weighted by Crippen LogP contribution is 2.27. The molecule has 1 amide bonds. The lowest BCUT2D eigenvalue weighted by Gasteiger charge is -2.20. The van der Waals surface area contributed by atoms with Gasteiger partial charge in [0.2, 0.25) is 5.69 Å². The van der Waals surface area contributed by atoms with E-state index in [1.165, 1.54) is 14.0 Å². The molecule has 0 unspecified atom stereocenters. The van der Waals surface area contributed by atoms with Gasteiger partial charge in [-0.15, -0.1) is 0 Å². The molecule has 0 radical (unpaired) electrons. The van der Waals surface area contributed by atoms with Gasteiger partial charge in [-0.05, 0) is 19.8 Å².